The third kappa shape index (κ3) is 3.93. The molecule has 1 rings (SSSR count). The number of amides is 1. The lowest BCUT2D eigenvalue weighted by Crippen LogP contribution is -2.26. The summed E-state index contributed by atoms with van der Waals surface area (Å²) in [5, 5.41) is 2.76. The molecule has 0 saturated heterocycles. The van der Waals surface area contributed by atoms with Gasteiger partial charge in [-0.05, 0) is 31.0 Å². The van der Waals surface area contributed by atoms with Crippen LogP contribution in [0.3, 0.4) is 0 Å². The predicted octanol–water partition coefficient (Wildman–Crippen LogP) is 3.04. The molecule has 0 radical (unpaired) electrons. The lowest BCUT2D eigenvalue weighted by atomic mass is 10.1. The molecule has 1 N–H and O–H groups in total. The van der Waals surface area contributed by atoms with E-state index in [-0.39, 0.29) is 11.7 Å². The number of alkyl halides is 1. The van der Waals surface area contributed by atoms with E-state index < -0.39 is 0 Å². The van der Waals surface area contributed by atoms with E-state index in [0.29, 0.717) is 16.9 Å². The quantitative estimate of drug-likeness (QED) is 0.848. The van der Waals surface area contributed by atoms with Gasteiger partial charge in [0, 0.05) is 16.9 Å². The van der Waals surface area contributed by atoms with Crippen molar-refractivity contribution >= 4 is 21.8 Å². The first-order valence-electron chi connectivity index (χ1n) is 5.19. The number of benzene rings is 1. The van der Waals surface area contributed by atoms with Gasteiger partial charge in [0.05, 0.1) is 0 Å². The topological polar surface area (TPSA) is 29.1 Å². The Labute approximate surface area is 103 Å². The van der Waals surface area contributed by atoms with Crippen LogP contribution in [0, 0.1) is 12.7 Å². The lowest BCUT2D eigenvalue weighted by Gasteiger charge is -2.08. The summed E-state index contributed by atoms with van der Waals surface area (Å²) in [5.41, 5.74) is 1.19. The van der Waals surface area contributed by atoms with Crippen molar-refractivity contribution in [1.82, 2.24) is 5.32 Å². The summed E-state index contributed by atoms with van der Waals surface area (Å²) in [4.78, 5) is 12.1. The first-order valence-corrected chi connectivity index (χ1v) is 6.10. The molecule has 2 nitrogen and oxygen atoms in total. The standard InChI is InChI=1S/C12H15BrFNO/c1-8-3-4-10(14)7-11(8)12(16)15-6-5-9(2)13/h3-4,7,9H,5-6H2,1-2H3,(H,15,16). The summed E-state index contributed by atoms with van der Waals surface area (Å²) in [7, 11) is 0. The van der Waals surface area contributed by atoms with Crippen molar-refractivity contribution in [3.63, 3.8) is 0 Å². The molecule has 0 saturated carbocycles. The maximum Gasteiger partial charge on any atom is 0.251 e. The third-order valence-corrected chi connectivity index (χ3v) is 2.73. The van der Waals surface area contributed by atoms with Crippen molar-refractivity contribution < 1.29 is 9.18 Å². The lowest BCUT2D eigenvalue weighted by molar-refractivity contribution is 0.0952. The van der Waals surface area contributed by atoms with Gasteiger partial charge in [-0.25, -0.2) is 4.39 Å². The van der Waals surface area contributed by atoms with E-state index in [9.17, 15) is 9.18 Å². The van der Waals surface area contributed by atoms with Gasteiger partial charge in [0.25, 0.3) is 5.91 Å². The SMILES string of the molecule is Cc1ccc(F)cc1C(=O)NCCC(C)Br. The fourth-order valence-corrected chi connectivity index (χ4v) is 1.55. The molecule has 0 aliphatic carbocycles. The van der Waals surface area contributed by atoms with E-state index in [1.165, 1.54) is 12.1 Å². The Morgan fingerprint density at radius 2 is 2.25 bits per heavy atom. The zero-order valence-electron chi connectivity index (χ0n) is 9.39. The van der Waals surface area contributed by atoms with E-state index in [0.717, 1.165) is 12.0 Å². The molecule has 4 heteroatoms. The maximum absolute atomic E-state index is 13.0. The van der Waals surface area contributed by atoms with Gasteiger partial charge in [-0.15, -0.1) is 0 Å². The van der Waals surface area contributed by atoms with Crippen molar-refractivity contribution in [3.8, 4) is 0 Å². The van der Waals surface area contributed by atoms with E-state index in [1.807, 2.05) is 6.92 Å². The summed E-state index contributed by atoms with van der Waals surface area (Å²) in [5.74, 6) is -0.602. The first-order chi connectivity index (χ1) is 7.50. The van der Waals surface area contributed by atoms with Gasteiger partial charge in [-0.3, -0.25) is 4.79 Å². The molecule has 0 aromatic heterocycles. The molecule has 0 spiro atoms. The Hall–Kier alpha value is -0.900. The van der Waals surface area contributed by atoms with Crippen molar-refractivity contribution in [2.75, 3.05) is 6.54 Å². The molecule has 16 heavy (non-hydrogen) atoms. The minimum absolute atomic E-state index is 0.217. The van der Waals surface area contributed by atoms with Gasteiger partial charge in [-0.1, -0.05) is 28.9 Å². The molecule has 0 fully saturated rings. The Morgan fingerprint density at radius 3 is 2.88 bits per heavy atom. The Bertz CT molecular complexity index is 379. The van der Waals surface area contributed by atoms with Crippen LogP contribution in [0.1, 0.15) is 29.3 Å². The van der Waals surface area contributed by atoms with Gasteiger partial charge >= 0.3 is 0 Å². The van der Waals surface area contributed by atoms with Gasteiger partial charge in [0.15, 0.2) is 0 Å². The van der Waals surface area contributed by atoms with Crippen LogP contribution in [-0.2, 0) is 0 Å². The van der Waals surface area contributed by atoms with Gasteiger partial charge in [0.2, 0.25) is 0 Å². The van der Waals surface area contributed by atoms with Crippen molar-refractivity contribution in [2.24, 2.45) is 0 Å². The predicted molar refractivity (Wildman–Crippen MR) is 66.5 cm³/mol. The normalized spacial score (nSPS) is 12.2. The van der Waals surface area contributed by atoms with Gasteiger partial charge < -0.3 is 5.32 Å². The highest BCUT2D eigenvalue weighted by Crippen LogP contribution is 2.10. The van der Waals surface area contributed by atoms with Crippen molar-refractivity contribution in [3.05, 3.63) is 35.1 Å². The summed E-state index contributed by atoms with van der Waals surface area (Å²) >= 11 is 3.40. The molecular weight excluding hydrogens is 273 g/mol. The number of carbonyl (C=O) groups excluding carboxylic acids is 1. The second-order valence-corrected chi connectivity index (χ2v) is 5.35. The molecule has 0 aliphatic heterocycles. The minimum atomic E-state index is -0.385. The zero-order chi connectivity index (χ0) is 12.1. The van der Waals surface area contributed by atoms with Crippen molar-refractivity contribution in [2.45, 2.75) is 25.1 Å². The highest BCUT2D eigenvalue weighted by Gasteiger charge is 2.09. The minimum Gasteiger partial charge on any atom is -0.352 e. The highest BCUT2D eigenvalue weighted by atomic mass is 79.9. The largest absolute Gasteiger partial charge is 0.352 e. The van der Waals surface area contributed by atoms with E-state index in [4.69, 9.17) is 0 Å². The molecule has 0 aliphatic rings. The fraction of sp³-hybridized carbons (Fsp3) is 0.417. The number of halogens is 2. The van der Waals surface area contributed by atoms with Crippen LogP contribution in [0.25, 0.3) is 0 Å². The van der Waals surface area contributed by atoms with E-state index in [2.05, 4.69) is 21.2 Å². The molecule has 1 atom stereocenters. The summed E-state index contributed by atoms with van der Waals surface area (Å²) in [6, 6.07) is 4.23. The third-order valence-electron chi connectivity index (χ3n) is 2.27. The zero-order valence-corrected chi connectivity index (χ0v) is 11.0. The van der Waals surface area contributed by atoms with Crippen LogP contribution in [0.4, 0.5) is 4.39 Å². The van der Waals surface area contributed by atoms with E-state index in [1.54, 1.807) is 13.0 Å². The van der Waals surface area contributed by atoms with Crippen LogP contribution in [0.5, 0.6) is 0 Å². The number of rotatable bonds is 4. The molecular formula is C12H15BrFNO. The van der Waals surface area contributed by atoms with Crippen LogP contribution in [0.2, 0.25) is 0 Å². The first kappa shape index (κ1) is 13.2. The Morgan fingerprint density at radius 1 is 1.56 bits per heavy atom. The molecule has 1 amide bonds. The second kappa shape index (κ2) is 5.99. The molecule has 1 unspecified atom stereocenters. The molecule has 0 bridgehead atoms. The summed E-state index contributed by atoms with van der Waals surface area (Å²) in [6.45, 7) is 4.39. The summed E-state index contributed by atoms with van der Waals surface area (Å²) in [6.07, 6.45) is 0.847. The average molecular weight is 288 g/mol. The number of hydrogen-bond acceptors (Lipinski definition) is 1. The Kier molecular flexibility index (Phi) is 4.93. The number of aryl methyl sites for hydroxylation is 1. The van der Waals surface area contributed by atoms with Crippen LogP contribution in [0.15, 0.2) is 18.2 Å². The second-order valence-electron chi connectivity index (χ2n) is 3.78. The monoisotopic (exact) mass is 287 g/mol. The number of nitrogens with one attached hydrogen (secondary N) is 1. The van der Waals surface area contributed by atoms with E-state index >= 15 is 0 Å². The molecule has 88 valence electrons. The number of hydrogen-bond donors (Lipinski definition) is 1. The van der Waals surface area contributed by atoms with Crippen LogP contribution >= 0.6 is 15.9 Å². The fourth-order valence-electron chi connectivity index (χ4n) is 1.32. The average Bonchev–Trinajstić information content (AvgIpc) is 2.21. The highest BCUT2D eigenvalue weighted by molar-refractivity contribution is 9.09. The maximum atomic E-state index is 13.0. The molecule has 1 aromatic rings. The Balaban J connectivity index is 2.62. The summed E-state index contributed by atoms with van der Waals surface area (Å²) < 4.78 is 13.0. The van der Waals surface area contributed by atoms with Gasteiger partial charge in [-0.2, -0.15) is 0 Å². The number of carbonyl (C=O) groups is 1. The molecule has 0 heterocycles. The smallest absolute Gasteiger partial charge is 0.251 e. The van der Waals surface area contributed by atoms with Crippen molar-refractivity contribution in [1.29, 1.82) is 0 Å². The van der Waals surface area contributed by atoms with Crippen LogP contribution < -0.4 is 5.32 Å². The molecule has 1 aromatic carbocycles. The van der Waals surface area contributed by atoms with Gasteiger partial charge in [0.1, 0.15) is 5.82 Å². The van der Waals surface area contributed by atoms with Crippen LogP contribution in [-0.4, -0.2) is 17.3 Å².